The number of hydrogen-bond acceptors (Lipinski definition) is 3. The summed E-state index contributed by atoms with van der Waals surface area (Å²) >= 11 is 0. The fourth-order valence-corrected chi connectivity index (χ4v) is 2.72. The number of nitrogen functional groups attached to an aromatic ring is 1. The SMILES string of the molecule is Nc1cccc(NC(=O)CCN2CCc3ccccc32)c1. The number of carbonyl (C=O) groups excluding carboxylic acids is 1. The number of para-hydroxylation sites is 1. The van der Waals surface area contributed by atoms with Crippen molar-refractivity contribution in [2.45, 2.75) is 12.8 Å². The van der Waals surface area contributed by atoms with E-state index in [4.69, 9.17) is 5.73 Å². The van der Waals surface area contributed by atoms with Crippen LogP contribution in [0.4, 0.5) is 17.1 Å². The zero-order valence-corrected chi connectivity index (χ0v) is 11.9. The molecule has 1 heterocycles. The lowest BCUT2D eigenvalue weighted by atomic mass is 10.2. The van der Waals surface area contributed by atoms with Crippen LogP contribution in [0.3, 0.4) is 0 Å². The minimum Gasteiger partial charge on any atom is -0.399 e. The lowest BCUT2D eigenvalue weighted by Gasteiger charge is -2.19. The number of nitrogens with two attached hydrogens (primary N) is 1. The van der Waals surface area contributed by atoms with Crippen molar-refractivity contribution in [3.05, 3.63) is 54.1 Å². The Morgan fingerprint density at radius 2 is 2.05 bits per heavy atom. The van der Waals surface area contributed by atoms with Crippen molar-refractivity contribution < 1.29 is 4.79 Å². The minimum absolute atomic E-state index is 0.0185. The van der Waals surface area contributed by atoms with Gasteiger partial charge in [-0.3, -0.25) is 4.79 Å². The Morgan fingerprint density at radius 3 is 2.90 bits per heavy atom. The molecule has 0 aliphatic carbocycles. The average molecular weight is 281 g/mol. The monoisotopic (exact) mass is 281 g/mol. The van der Waals surface area contributed by atoms with Crippen molar-refractivity contribution >= 4 is 23.0 Å². The van der Waals surface area contributed by atoms with Gasteiger partial charge in [-0.1, -0.05) is 24.3 Å². The van der Waals surface area contributed by atoms with Crippen molar-refractivity contribution in [2.75, 3.05) is 29.0 Å². The van der Waals surface area contributed by atoms with Gasteiger partial charge in [-0.2, -0.15) is 0 Å². The predicted octanol–water partition coefficient (Wildman–Crippen LogP) is 2.66. The molecule has 2 aromatic rings. The third-order valence-electron chi connectivity index (χ3n) is 3.76. The van der Waals surface area contributed by atoms with E-state index < -0.39 is 0 Å². The highest BCUT2D eigenvalue weighted by Gasteiger charge is 2.18. The second-order valence-corrected chi connectivity index (χ2v) is 5.29. The molecule has 0 fully saturated rings. The molecule has 0 atom stereocenters. The Kier molecular flexibility index (Phi) is 3.77. The van der Waals surface area contributed by atoms with E-state index >= 15 is 0 Å². The van der Waals surface area contributed by atoms with Gasteiger partial charge in [0.25, 0.3) is 0 Å². The summed E-state index contributed by atoms with van der Waals surface area (Å²) in [4.78, 5) is 14.3. The maximum atomic E-state index is 12.0. The number of benzene rings is 2. The predicted molar refractivity (Wildman–Crippen MR) is 86.5 cm³/mol. The number of amides is 1. The molecule has 1 aliphatic rings. The molecule has 1 aliphatic heterocycles. The molecule has 4 nitrogen and oxygen atoms in total. The Balaban J connectivity index is 1.55. The average Bonchev–Trinajstić information content (AvgIpc) is 2.88. The summed E-state index contributed by atoms with van der Waals surface area (Å²) in [5.74, 6) is 0.0185. The largest absolute Gasteiger partial charge is 0.399 e. The smallest absolute Gasteiger partial charge is 0.226 e. The van der Waals surface area contributed by atoms with Crippen LogP contribution in [-0.2, 0) is 11.2 Å². The van der Waals surface area contributed by atoms with Crippen molar-refractivity contribution in [1.29, 1.82) is 0 Å². The van der Waals surface area contributed by atoms with Gasteiger partial charge in [-0.25, -0.2) is 0 Å². The Labute approximate surface area is 124 Å². The number of carbonyl (C=O) groups is 1. The Bertz CT molecular complexity index is 654. The number of rotatable bonds is 4. The second-order valence-electron chi connectivity index (χ2n) is 5.29. The molecular weight excluding hydrogens is 262 g/mol. The van der Waals surface area contributed by atoms with Crippen molar-refractivity contribution in [3.8, 4) is 0 Å². The minimum atomic E-state index is 0.0185. The van der Waals surface area contributed by atoms with Gasteiger partial charge in [0, 0.05) is 36.6 Å². The summed E-state index contributed by atoms with van der Waals surface area (Å²) in [6.07, 6.45) is 1.54. The first-order valence-electron chi connectivity index (χ1n) is 7.20. The van der Waals surface area contributed by atoms with Crippen LogP contribution in [0.25, 0.3) is 0 Å². The van der Waals surface area contributed by atoms with E-state index in [0.717, 1.165) is 25.2 Å². The molecule has 3 rings (SSSR count). The summed E-state index contributed by atoms with van der Waals surface area (Å²) in [5, 5.41) is 2.89. The zero-order valence-electron chi connectivity index (χ0n) is 11.9. The van der Waals surface area contributed by atoms with Crippen molar-refractivity contribution in [3.63, 3.8) is 0 Å². The fourth-order valence-electron chi connectivity index (χ4n) is 2.72. The molecule has 3 N–H and O–H groups in total. The quantitative estimate of drug-likeness (QED) is 0.847. The Morgan fingerprint density at radius 1 is 1.19 bits per heavy atom. The molecule has 4 heteroatoms. The highest BCUT2D eigenvalue weighted by Crippen LogP contribution is 2.27. The first-order valence-corrected chi connectivity index (χ1v) is 7.20. The van der Waals surface area contributed by atoms with Gasteiger partial charge in [-0.15, -0.1) is 0 Å². The summed E-state index contributed by atoms with van der Waals surface area (Å²) in [5.41, 5.74) is 9.73. The van der Waals surface area contributed by atoms with Crippen LogP contribution in [0.1, 0.15) is 12.0 Å². The van der Waals surface area contributed by atoms with Gasteiger partial charge >= 0.3 is 0 Å². The zero-order chi connectivity index (χ0) is 14.7. The van der Waals surface area contributed by atoms with Crippen molar-refractivity contribution in [1.82, 2.24) is 0 Å². The van der Waals surface area contributed by atoms with Crippen LogP contribution in [-0.4, -0.2) is 19.0 Å². The first-order chi connectivity index (χ1) is 10.2. The van der Waals surface area contributed by atoms with Crippen LogP contribution in [0, 0.1) is 0 Å². The fraction of sp³-hybridized carbons (Fsp3) is 0.235. The van der Waals surface area contributed by atoms with E-state index in [1.165, 1.54) is 11.3 Å². The van der Waals surface area contributed by atoms with Gasteiger partial charge in [0.15, 0.2) is 0 Å². The number of nitrogens with one attached hydrogen (secondary N) is 1. The van der Waals surface area contributed by atoms with Crippen LogP contribution < -0.4 is 16.0 Å². The number of anilines is 3. The molecule has 0 bridgehead atoms. The topological polar surface area (TPSA) is 58.4 Å². The van der Waals surface area contributed by atoms with Crippen LogP contribution >= 0.6 is 0 Å². The maximum absolute atomic E-state index is 12.0. The van der Waals surface area contributed by atoms with Crippen molar-refractivity contribution in [2.24, 2.45) is 0 Å². The lowest BCUT2D eigenvalue weighted by Crippen LogP contribution is -2.26. The van der Waals surface area contributed by atoms with E-state index in [2.05, 4.69) is 28.4 Å². The molecule has 0 saturated carbocycles. The molecule has 2 aromatic carbocycles. The number of hydrogen-bond donors (Lipinski definition) is 2. The summed E-state index contributed by atoms with van der Waals surface area (Å²) in [6.45, 7) is 1.73. The van der Waals surface area contributed by atoms with E-state index in [1.807, 2.05) is 18.2 Å². The van der Waals surface area contributed by atoms with Crippen LogP contribution in [0.15, 0.2) is 48.5 Å². The van der Waals surface area contributed by atoms with Gasteiger partial charge < -0.3 is 16.0 Å². The summed E-state index contributed by atoms with van der Waals surface area (Å²) in [7, 11) is 0. The molecule has 1 amide bonds. The van der Waals surface area contributed by atoms with E-state index in [1.54, 1.807) is 12.1 Å². The first kappa shape index (κ1) is 13.5. The molecule has 0 spiro atoms. The molecule has 0 saturated heterocycles. The highest BCUT2D eigenvalue weighted by molar-refractivity contribution is 5.91. The standard InChI is InChI=1S/C17H19N3O/c18-14-5-3-6-15(12-14)19-17(21)9-11-20-10-8-13-4-1-2-7-16(13)20/h1-7,12H,8-11,18H2,(H,19,21). The van der Waals surface area contributed by atoms with E-state index in [0.29, 0.717) is 12.1 Å². The number of fused-ring (bicyclic) bond motifs is 1. The van der Waals surface area contributed by atoms with Crippen LogP contribution in [0.5, 0.6) is 0 Å². The van der Waals surface area contributed by atoms with Gasteiger partial charge in [-0.05, 0) is 36.2 Å². The van der Waals surface area contributed by atoms with Gasteiger partial charge in [0.1, 0.15) is 0 Å². The molecule has 0 unspecified atom stereocenters. The second kappa shape index (κ2) is 5.87. The molecule has 108 valence electrons. The maximum Gasteiger partial charge on any atom is 0.226 e. The third kappa shape index (κ3) is 3.16. The lowest BCUT2D eigenvalue weighted by molar-refractivity contribution is -0.116. The van der Waals surface area contributed by atoms with E-state index in [-0.39, 0.29) is 5.91 Å². The molecule has 21 heavy (non-hydrogen) atoms. The molecular formula is C17H19N3O. The summed E-state index contributed by atoms with van der Waals surface area (Å²) in [6, 6.07) is 15.6. The van der Waals surface area contributed by atoms with Gasteiger partial charge in [0.2, 0.25) is 5.91 Å². The molecule has 0 radical (unpaired) electrons. The number of nitrogens with zero attached hydrogens (tertiary/aromatic N) is 1. The summed E-state index contributed by atoms with van der Waals surface area (Å²) < 4.78 is 0. The normalized spacial score (nSPS) is 13.0. The van der Waals surface area contributed by atoms with Gasteiger partial charge in [0.05, 0.1) is 0 Å². The Hall–Kier alpha value is -2.49. The third-order valence-corrected chi connectivity index (χ3v) is 3.76. The molecule has 0 aromatic heterocycles. The van der Waals surface area contributed by atoms with Crippen LogP contribution in [0.2, 0.25) is 0 Å². The van der Waals surface area contributed by atoms with E-state index in [9.17, 15) is 4.79 Å². The highest BCUT2D eigenvalue weighted by atomic mass is 16.1.